The Bertz CT molecular complexity index is 854. The number of anilines is 1. The van der Waals surface area contributed by atoms with E-state index in [0.717, 1.165) is 12.8 Å². The summed E-state index contributed by atoms with van der Waals surface area (Å²) in [5, 5.41) is 6.80. The van der Waals surface area contributed by atoms with Crippen LogP contribution in [-0.4, -0.2) is 31.2 Å². The zero-order valence-electron chi connectivity index (χ0n) is 16.4. The number of amides is 2. The van der Waals surface area contributed by atoms with Crippen molar-refractivity contribution in [2.24, 2.45) is 5.10 Å². The Balaban J connectivity index is 1.88. The Hall–Kier alpha value is -3.06. The van der Waals surface area contributed by atoms with Gasteiger partial charge in [-0.2, -0.15) is 5.10 Å². The first-order chi connectivity index (χ1) is 14.0. The summed E-state index contributed by atoms with van der Waals surface area (Å²) >= 11 is 5.97. The number of nitrogens with one attached hydrogen (secondary N) is 2. The third-order valence-electron chi connectivity index (χ3n) is 3.73. The highest BCUT2D eigenvalue weighted by Crippen LogP contribution is 2.21. The molecule has 2 rings (SSSR count). The van der Waals surface area contributed by atoms with E-state index in [4.69, 9.17) is 21.1 Å². The van der Waals surface area contributed by atoms with Crippen molar-refractivity contribution in [3.63, 3.8) is 0 Å². The van der Waals surface area contributed by atoms with E-state index < -0.39 is 11.8 Å². The number of halogens is 1. The van der Waals surface area contributed by atoms with Crippen molar-refractivity contribution in [1.29, 1.82) is 0 Å². The molecule has 2 aromatic rings. The fourth-order valence-corrected chi connectivity index (χ4v) is 2.46. The van der Waals surface area contributed by atoms with E-state index >= 15 is 0 Å². The molecule has 0 aliphatic heterocycles. The van der Waals surface area contributed by atoms with Crippen molar-refractivity contribution >= 4 is 35.3 Å². The SMILES string of the molecule is CCCCOc1ccc(NC(=O)C(=O)N/N=C\c2cc(Cl)ccc2OCC)cc1. The predicted molar refractivity (Wildman–Crippen MR) is 114 cm³/mol. The maximum absolute atomic E-state index is 12.0. The van der Waals surface area contributed by atoms with E-state index in [2.05, 4.69) is 22.8 Å². The van der Waals surface area contributed by atoms with Crippen LogP contribution in [0, 0.1) is 0 Å². The second-order valence-electron chi connectivity index (χ2n) is 5.99. The lowest BCUT2D eigenvalue weighted by atomic mass is 10.2. The Morgan fingerprint density at radius 3 is 2.52 bits per heavy atom. The summed E-state index contributed by atoms with van der Waals surface area (Å²) in [4.78, 5) is 23.9. The van der Waals surface area contributed by atoms with Gasteiger partial charge in [0.05, 0.1) is 19.4 Å². The van der Waals surface area contributed by atoms with Gasteiger partial charge in [0.15, 0.2) is 0 Å². The number of benzene rings is 2. The summed E-state index contributed by atoms with van der Waals surface area (Å²) in [6.45, 7) is 5.05. The summed E-state index contributed by atoms with van der Waals surface area (Å²) in [5.41, 5.74) is 3.24. The van der Waals surface area contributed by atoms with Crippen LogP contribution in [0.2, 0.25) is 5.02 Å². The average Bonchev–Trinajstić information content (AvgIpc) is 2.71. The molecular weight excluding hydrogens is 394 g/mol. The normalized spacial score (nSPS) is 10.6. The molecule has 0 saturated heterocycles. The van der Waals surface area contributed by atoms with Crippen molar-refractivity contribution in [3.05, 3.63) is 53.1 Å². The number of unbranched alkanes of at least 4 members (excludes halogenated alkanes) is 1. The van der Waals surface area contributed by atoms with Gasteiger partial charge in [0.2, 0.25) is 0 Å². The van der Waals surface area contributed by atoms with Crippen molar-refractivity contribution < 1.29 is 19.1 Å². The van der Waals surface area contributed by atoms with Crippen LogP contribution in [0.25, 0.3) is 0 Å². The van der Waals surface area contributed by atoms with Gasteiger partial charge in [0, 0.05) is 16.3 Å². The molecule has 2 N–H and O–H groups in total. The lowest BCUT2D eigenvalue weighted by Gasteiger charge is -2.08. The molecule has 0 aromatic heterocycles. The van der Waals surface area contributed by atoms with Gasteiger partial charge in [0.1, 0.15) is 11.5 Å². The third kappa shape index (κ3) is 7.46. The molecular formula is C21H24ClN3O4. The van der Waals surface area contributed by atoms with Gasteiger partial charge in [-0.15, -0.1) is 0 Å². The van der Waals surface area contributed by atoms with E-state index in [0.29, 0.717) is 41.0 Å². The molecule has 2 aromatic carbocycles. The molecule has 29 heavy (non-hydrogen) atoms. The maximum Gasteiger partial charge on any atom is 0.329 e. The zero-order chi connectivity index (χ0) is 21.1. The van der Waals surface area contributed by atoms with E-state index in [1.54, 1.807) is 42.5 Å². The maximum atomic E-state index is 12.0. The number of nitrogens with zero attached hydrogens (tertiary/aromatic N) is 1. The first-order valence-electron chi connectivity index (χ1n) is 9.33. The van der Waals surface area contributed by atoms with E-state index in [1.165, 1.54) is 6.21 Å². The average molecular weight is 418 g/mol. The van der Waals surface area contributed by atoms with Crippen molar-refractivity contribution in [2.45, 2.75) is 26.7 Å². The molecule has 2 amide bonds. The third-order valence-corrected chi connectivity index (χ3v) is 3.96. The smallest absolute Gasteiger partial charge is 0.329 e. The second-order valence-corrected chi connectivity index (χ2v) is 6.43. The molecule has 8 heteroatoms. The number of ether oxygens (including phenoxy) is 2. The van der Waals surface area contributed by atoms with Crippen LogP contribution in [0.5, 0.6) is 11.5 Å². The first kappa shape index (κ1) is 22.2. The molecule has 0 fully saturated rings. The van der Waals surface area contributed by atoms with Crippen LogP contribution < -0.4 is 20.2 Å². The highest BCUT2D eigenvalue weighted by Gasteiger charge is 2.13. The quantitative estimate of drug-likeness (QED) is 0.279. The van der Waals surface area contributed by atoms with E-state index in [1.807, 2.05) is 6.92 Å². The minimum absolute atomic E-state index is 0.472. The first-order valence-corrected chi connectivity index (χ1v) is 9.70. The van der Waals surface area contributed by atoms with Gasteiger partial charge >= 0.3 is 11.8 Å². The number of carbonyl (C=O) groups excluding carboxylic acids is 2. The molecule has 0 heterocycles. The Morgan fingerprint density at radius 1 is 1.07 bits per heavy atom. The van der Waals surface area contributed by atoms with Gasteiger partial charge in [-0.25, -0.2) is 5.43 Å². The summed E-state index contributed by atoms with van der Waals surface area (Å²) in [6, 6.07) is 11.8. The largest absolute Gasteiger partial charge is 0.494 e. The van der Waals surface area contributed by atoms with Crippen molar-refractivity contribution in [1.82, 2.24) is 5.43 Å². The molecule has 0 radical (unpaired) electrons. The molecule has 7 nitrogen and oxygen atoms in total. The number of hydrogen-bond donors (Lipinski definition) is 2. The van der Waals surface area contributed by atoms with E-state index in [-0.39, 0.29) is 0 Å². The summed E-state index contributed by atoms with van der Waals surface area (Å²) in [7, 11) is 0. The predicted octanol–water partition coefficient (Wildman–Crippen LogP) is 4.01. The molecule has 0 aliphatic carbocycles. The Morgan fingerprint density at radius 2 is 1.83 bits per heavy atom. The summed E-state index contributed by atoms with van der Waals surface area (Å²) < 4.78 is 11.0. The van der Waals surface area contributed by atoms with Gasteiger partial charge in [-0.05, 0) is 55.8 Å². The van der Waals surface area contributed by atoms with E-state index in [9.17, 15) is 9.59 Å². The van der Waals surface area contributed by atoms with Gasteiger partial charge in [0.25, 0.3) is 0 Å². The minimum atomic E-state index is -0.899. The molecule has 0 unspecified atom stereocenters. The molecule has 154 valence electrons. The molecule has 0 atom stereocenters. The van der Waals surface area contributed by atoms with Crippen LogP contribution >= 0.6 is 11.6 Å². The highest BCUT2D eigenvalue weighted by molar-refractivity contribution is 6.39. The number of hydrogen-bond acceptors (Lipinski definition) is 5. The monoisotopic (exact) mass is 417 g/mol. The second kappa shape index (κ2) is 11.7. The summed E-state index contributed by atoms with van der Waals surface area (Å²) in [5.74, 6) is -0.458. The standard InChI is InChI=1S/C21H24ClN3O4/c1-3-5-12-29-18-9-7-17(8-10-18)24-20(26)21(27)25-23-14-15-13-16(22)6-11-19(15)28-4-2/h6-11,13-14H,3-5,12H2,1-2H3,(H,24,26)(H,25,27)/b23-14-. The highest BCUT2D eigenvalue weighted by atomic mass is 35.5. The molecule has 0 bridgehead atoms. The topological polar surface area (TPSA) is 89.0 Å². The summed E-state index contributed by atoms with van der Waals surface area (Å²) in [6.07, 6.45) is 3.39. The van der Waals surface area contributed by atoms with Gasteiger partial charge in [-0.3, -0.25) is 9.59 Å². The number of carbonyl (C=O) groups is 2. The van der Waals surface area contributed by atoms with Crippen LogP contribution in [0.3, 0.4) is 0 Å². The lowest BCUT2D eigenvalue weighted by Crippen LogP contribution is -2.32. The van der Waals surface area contributed by atoms with Gasteiger partial charge in [-0.1, -0.05) is 24.9 Å². The lowest BCUT2D eigenvalue weighted by molar-refractivity contribution is -0.136. The van der Waals surface area contributed by atoms with Crippen molar-refractivity contribution in [3.8, 4) is 11.5 Å². The van der Waals surface area contributed by atoms with Crippen LogP contribution in [0.15, 0.2) is 47.6 Å². The van der Waals surface area contributed by atoms with Gasteiger partial charge < -0.3 is 14.8 Å². The van der Waals surface area contributed by atoms with Crippen LogP contribution in [-0.2, 0) is 9.59 Å². The molecule has 0 aliphatic rings. The molecule has 0 spiro atoms. The van der Waals surface area contributed by atoms with Crippen LogP contribution in [0.1, 0.15) is 32.3 Å². The zero-order valence-corrected chi connectivity index (χ0v) is 17.2. The fourth-order valence-electron chi connectivity index (χ4n) is 2.28. The fraction of sp³-hybridized carbons (Fsp3) is 0.286. The Labute approximate surface area is 175 Å². The minimum Gasteiger partial charge on any atom is -0.494 e. The number of rotatable bonds is 9. The van der Waals surface area contributed by atoms with Crippen molar-refractivity contribution in [2.75, 3.05) is 18.5 Å². The molecule has 0 saturated carbocycles. The van der Waals surface area contributed by atoms with Crippen LogP contribution in [0.4, 0.5) is 5.69 Å². The number of hydrazone groups is 1. The Kier molecular flexibility index (Phi) is 8.98.